The van der Waals surface area contributed by atoms with Gasteiger partial charge in [-0.25, -0.2) is 0 Å². The third-order valence-corrected chi connectivity index (χ3v) is 9.85. The Morgan fingerprint density at radius 3 is 2.29 bits per heavy atom. The topological polar surface area (TPSA) is 75.5 Å². The van der Waals surface area contributed by atoms with Gasteiger partial charge in [0.1, 0.15) is 10.0 Å². The molecular weight excluding hydrogens is 446 g/mol. The van der Waals surface area contributed by atoms with Gasteiger partial charge in [0, 0.05) is 37.4 Å². The van der Waals surface area contributed by atoms with Crippen molar-refractivity contribution < 1.29 is 14.6 Å². The van der Waals surface area contributed by atoms with Gasteiger partial charge in [0.2, 0.25) is 0 Å². The molecule has 1 saturated heterocycles. The molecule has 5 rings (SSSR count). The maximum absolute atomic E-state index is 11.2. The van der Waals surface area contributed by atoms with E-state index in [1.54, 1.807) is 11.3 Å². The second-order valence-corrected chi connectivity index (χ2v) is 11.5. The molecular formula is C27H37N3O3S. The lowest BCUT2D eigenvalue weighted by Gasteiger charge is -2.47. The number of carbonyl (C=O) groups is 1. The van der Waals surface area contributed by atoms with Crippen molar-refractivity contribution in [2.24, 2.45) is 11.8 Å². The molecule has 184 valence electrons. The third-order valence-electron chi connectivity index (χ3n) is 8.71. The number of hydrogen-bond acceptors (Lipinski definition) is 6. The van der Waals surface area contributed by atoms with E-state index in [0.717, 1.165) is 73.1 Å². The monoisotopic (exact) mass is 483 g/mol. The Balaban J connectivity index is 1.19. The molecule has 0 unspecified atom stereocenters. The van der Waals surface area contributed by atoms with E-state index in [0.29, 0.717) is 5.92 Å². The first kappa shape index (κ1) is 23.7. The number of ether oxygens (including phenoxy) is 1. The SMILES string of the molecule is COC1(C2CCCCC2)CCN(c2ccc(-c3nnc(C4CCC(C(=O)O)CC4)s3)cc2)CC1. The largest absolute Gasteiger partial charge is 0.481 e. The fraction of sp³-hybridized carbons (Fsp3) is 0.667. The number of aliphatic carboxylic acids is 1. The summed E-state index contributed by atoms with van der Waals surface area (Å²) in [5.74, 6) is 0.219. The Kier molecular flexibility index (Phi) is 7.21. The molecule has 3 aliphatic rings. The van der Waals surface area contributed by atoms with Crippen LogP contribution in [0.5, 0.6) is 0 Å². The summed E-state index contributed by atoms with van der Waals surface area (Å²) >= 11 is 1.66. The van der Waals surface area contributed by atoms with Gasteiger partial charge in [-0.2, -0.15) is 0 Å². The molecule has 34 heavy (non-hydrogen) atoms. The molecule has 1 aliphatic heterocycles. The number of hydrogen-bond donors (Lipinski definition) is 1. The Labute approximate surface area is 206 Å². The lowest BCUT2D eigenvalue weighted by molar-refractivity contribution is -0.142. The molecule has 1 N–H and O–H groups in total. The fourth-order valence-electron chi connectivity index (χ4n) is 6.47. The second-order valence-electron chi connectivity index (χ2n) is 10.5. The van der Waals surface area contributed by atoms with Gasteiger partial charge in [0.15, 0.2) is 0 Å². The smallest absolute Gasteiger partial charge is 0.306 e. The average Bonchev–Trinajstić information content (AvgIpc) is 3.40. The first-order chi connectivity index (χ1) is 16.6. The van der Waals surface area contributed by atoms with E-state index in [4.69, 9.17) is 4.74 Å². The van der Waals surface area contributed by atoms with Crippen molar-refractivity contribution in [3.05, 3.63) is 29.3 Å². The lowest BCUT2D eigenvalue weighted by atomic mass is 9.72. The Morgan fingerprint density at radius 1 is 1.00 bits per heavy atom. The molecule has 7 heteroatoms. The van der Waals surface area contributed by atoms with Crippen molar-refractivity contribution in [2.75, 3.05) is 25.1 Å². The van der Waals surface area contributed by atoms with Gasteiger partial charge in [0.05, 0.1) is 11.5 Å². The highest BCUT2D eigenvalue weighted by atomic mass is 32.1. The zero-order valence-electron chi connectivity index (χ0n) is 20.2. The van der Waals surface area contributed by atoms with Crippen LogP contribution in [0, 0.1) is 11.8 Å². The van der Waals surface area contributed by atoms with Crippen LogP contribution in [-0.2, 0) is 9.53 Å². The maximum Gasteiger partial charge on any atom is 0.306 e. The van der Waals surface area contributed by atoms with Gasteiger partial charge in [0.25, 0.3) is 0 Å². The first-order valence-corrected chi connectivity index (χ1v) is 13.9. The average molecular weight is 484 g/mol. The zero-order valence-corrected chi connectivity index (χ0v) is 21.1. The predicted octanol–water partition coefficient (Wildman–Crippen LogP) is 6.13. The van der Waals surface area contributed by atoms with E-state index >= 15 is 0 Å². The number of benzene rings is 1. The molecule has 0 radical (unpaired) electrons. The molecule has 1 aromatic carbocycles. The van der Waals surface area contributed by atoms with Gasteiger partial charge in [-0.05, 0) is 81.5 Å². The molecule has 0 amide bonds. The normalized spacial score (nSPS) is 25.9. The van der Waals surface area contributed by atoms with Gasteiger partial charge < -0.3 is 14.7 Å². The molecule has 1 aromatic heterocycles. The molecule has 2 heterocycles. The summed E-state index contributed by atoms with van der Waals surface area (Å²) in [4.78, 5) is 13.7. The van der Waals surface area contributed by atoms with Crippen molar-refractivity contribution >= 4 is 23.0 Å². The van der Waals surface area contributed by atoms with Crippen LogP contribution in [-0.4, -0.2) is 47.1 Å². The number of aromatic nitrogens is 2. The number of carboxylic acid groups (broad SMARTS) is 1. The van der Waals surface area contributed by atoms with Crippen molar-refractivity contribution in [2.45, 2.75) is 82.1 Å². The molecule has 0 spiro atoms. The lowest BCUT2D eigenvalue weighted by Crippen LogP contribution is -2.50. The van der Waals surface area contributed by atoms with Gasteiger partial charge >= 0.3 is 5.97 Å². The Morgan fingerprint density at radius 2 is 1.68 bits per heavy atom. The maximum atomic E-state index is 11.2. The van der Waals surface area contributed by atoms with Crippen LogP contribution in [0.3, 0.4) is 0 Å². The summed E-state index contributed by atoms with van der Waals surface area (Å²) in [6.07, 6.45) is 12.2. The number of piperidine rings is 1. The van der Waals surface area contributed by atoms with E-state index in [1.807, 2.05) is 7.11 Å². The minimum atomic E-state index is -0.660. The Bertz CT molecular complexity index is 954. The van der Waals surface area contributed by atoms with Crippen LogP contribution in [0.25, 0.3) is 10.6 Å². The summed E-state index contributed by atoms with van der Waals surface area (Å²) in [5.41, 5.74) is 2.45. The molecule has 6 nitrogen and oxygen atoms in total. The van der Waals surface area contributed by atoms with E-state index in [1.165, 1.54) is 37.8 Å². The number of rotatable bonds is 6. The van der Waals surface area contributed by atoms with Crippen molar-refractivity contribution in [3.8, 4) is 10.6 Å². The summed E-state index contributed by atoms with van der Waals surface area (Å²) in [7, 11) is 1.92. The van der Waals surface area contributed by atoms with Crippen LogP contribution >= 0.6 is 11.3 Å². The van der Waals surface area contributed by atoms with Crippen LogP contribution < -0.4 is 4.90 Å². The summed E-state index contributed by atoms with van der Waals surface area (Å²) in [6.45, 7) is 2.09. The number of nitrogens with zero attached hydrogens (tertiary/aromatic N) is 3. The van der Waals surface area contributed by atoms with Crippen LogP contribution in [0.15, 0.2) is 24.3 Å². The van der Waals surface area contributed by atoms with Gasteiger partial charge in [-0.15, -0.1) is 10.2 Å². The van der Waals surface area contributed by atoms with Crippen LogP contribution in [0.1, 0.15) is 81.6 Å². The van der Waals surface area contributed by atoms with Gasteiger partial charge in [-0.3, -0.25) is 4.79 Å². The number of methoxy groups -OCH3 is 1. The first-order valence-electron chi connectivity index (χ1n) is 13.0. The fourth-order valence-corrected chi connectivity index (χ4v) is 7.49. The summed E-state index contributed by atoms with van der Waals surface area (Å²) < 4.78 is 6.18. The highest BCUT2D eigenvalue weighted by Crippen LogP contribution is 2.42. The molecule has 2 saturated carbocycles. The van der Waals surface area contributed by atoms with E-state index < -0.39 is 5.97 Å². The molecule has 3 fully saturated rings. The van der Waals surface area contributed by atoms with Crippen LogP contribution in [0.4, 0.5) is 5.69 Å². The highest BCUT2D eigenvalue weighted by Gasteiger charge is 2.42. The number of anilines is 1. The summed E-state index contributed by atoms with van der Waals surface area (Å²) in [6, 6.07) is 8.77. The third kappa shape index (κ3) is 4.87. The zero-order chi connectivity index (χ0) is 23.5. The quantitative estimate of drug-likeness (QED) is 0.533. The predicted molar refractivity (Wildman–Crippen MR) is 135 cm³/mol. The van der Waals surface area contributed by atoms with E-state index in [2.05, 4.69) is 39.4 Å². The minimum Gasteiger partial charge on any atom is -0.481 e. The van der Waals surface area contributed by atoms with Crippen LogP contribution in [0.2, 0.25) is 0 Å². The van der Waals surface area contributed by atoms with Crippen molar-refractivity contribution in [3.63, 3.8) is 0 Å². The van der Waals surface area contributed by atoms with E-state index in [-0.39, 0.29) is 11.5 Å². The second kappa shape index (κ2) is 10.3. The molecule has 0 atom stereocenters. The van der Waals surface area contributed by atoms with Crippen molar-refractivity contribution in [1.82, 2.24) is 10.2 Å². The molecule has 2 aromatic rings. The molecule has 2 aliphatic carbocycles. The highest BCUT2D eigenvalue weighted by molar-refractivity contribution is 7.14. The molecule has 0 bridgehead atoms. The van der Waals surface area contributed by atoms with E-state index in [9.17, 15) is 9.90 Å². The summed E-state index contributed by atoms with van der Waals surface area (Å²) in [5, 5.41) is 20.2. The van der Waals surface area contributed by atoms with Crippen molar-refractivity contribution in [1.29, 1.82) is 0 Å². The minimum absolute atomic E-state index is 0.0728. The number of carboxylic acids is 1. The standard InChI is InChI=1S/C27H37N3O3S/c1-33-27(22-5-3-2-4-6-22)15-17-30(18-16-27)23-13-11-20(12-14-23)25-29-28-24(34-25)19-7-9-21(10-8-19)26(31)32/h11-14,19,21-22H,2-10,15-18H2,1H3,(H,31,32). The Hall–Kier alpha value is -1.99. The van der Waals surface area contributed by atoms with Gasteiger partial charge in [-0.1, -0.05) is 30.6 Å².